The van der Waals surface area contributed by atoms with Gasteiger partial charge in [-0.2, -0.15) is 0 Å². The summed E-state index contributed by atoms with van der Waals surface area (Å²) in [6.07, 6.45) is 10.1. The lowest BCUT2D eigenvalue weighted by Gasteiger charge is -2.55. The summed E-state index contributed by atoms with van der Waals surface area (Å²) in [7, 11) is 0. The van der Waals surface area contributed by atoms with Gasteiger partial charge >= 0.3 is 0 Å². The highest BCUT2D eigenvalue weighted by Crippen LogP contribution is 2.58. The summed E-state index contributed by atoms with van der Waals surface area (Å²) in [4.78, 5) is 0. The topological polar surface area (TPSA) is 0 Å². The van der Waals surface area contributed by atoms with Gasteiger partial charge in [-0.05, 0) is 68.1 Å². The van der Waals surface area contributed by atoms with E-state index in [1.54, 1.807) is 6.42 Å². The van der Waals surface area contributed by atoms with Gasteiger partial charge in [-0.3, -0.25) is 0 Å². The molecule has 1 unspecified atom stereocenters. The summed E-state index contributed by atoms with van der Waals surface area (Å²) in [6, 6.07) is 0. The zero-order valence-electron chi connectivity index (χ0n) is 9.79. The van der Waals surface area contributed by atoms with Gasteiger partial charge < -0.3 is 0 Å². The Bertz CT molecular complexity index is 207. The summed E-state index contributed by atoms with van der Waals surface area (Å²) in [6.45, 7) is 2.27. The van der Waals surface area contributed by atoms with Crippen molar-refractivity contribution in [3.05, 3.63) is 0 Å². The average Bonchev–Trinajstić information content (AvgIpc) is 2.15. The molecule has 86 valence electrons. The lowest BCUT2D eigenvalue weighted by molar-refractivity contribution is -0.0384. The van der Waals surface area contributed by atoms with Gasteiger partial charge in [0.15, 0.2) is 0 Å². The Morgan fingerprint density at radius 2 is 1.53 bits per heavy atom. The number of alkyl halides is 1. The third-order valence-electron chi connectivity index (χ3n) is 5.28. The highest BCUT2D eigenvalue weighted by Gasteiger charge is 2.49. The molecule has 4 saturated carbocycles. The molecule has 1 atom stereocenters. The van der Waals surface area contributed by atoms with Gasteiger partial charge in [0.1, 0.15) is 0 Å². The van der Waals surface area contributed by atoms with Crippen molar-refractivity contribution in [1.82, 2.24) is 0 Å². The molecular formula is C14H23Cl. The summed E-state index contributed by atoms with van der Waals surface area (Å²) < 4.78 is 0. The van der Waals surface area contributed by atoms with Gasteiger partial charge in [0, 0.05) is 5.38 Å². The number of hydrogen-bond donors (Lipinski definition) is 0. The second-order valence-electron chi connectivity index (χ2n) is 6.31. The van der Waals surface area contributed by atoms with Crippen molar-refractivity contribution in [3.8, 4) is 0 Å². The molecule has 0 radical (unpaired) electrons. The Labute approximate surface area is 98.8 Å². The first-order chi connectivity index (χ1) is 7.28. The molecule has 4 aliphatic rings. The van der Waals surface area contributed by atoms with E-state index in [0.717, 1.165) is 29.6 Å². The van der Waals surface area contributed by atoms with Crippen LogP contribution in [0.5, 0.6) is 0 Å². The normalized spacial score (nSPS) is 49.6. The zero-order valence-corrected chi connectivity index (χ0v) is 10.5. The van der Waals surface area contributed by atoms with Crippen LogP contribution in [0.15, 0.2) is 0 Å². The van der Waals surface area contributed by atoms with Crippen LogP contribution in [0, 0.1) is 29.6 Å². The van der Waals surface area contributed by atoms with Crippen LogP contribution in [-0.4, -0.2) is 5.38 Å². The average molecular weight is 227 g/mol. The fourth-order valence-electron chi connectivity index (χ4n) is 5.03. The van der Waals surface area contributed by atoms with E-state index in [9.17, 15) is 0 Å². The van der Waals surface area contributed by atoms with Crippen LogP contribution in [0.25, 0.3) is 0 Å². The van der Waals surface area contributed by atoms with Crippen LogP contribution >= 0.6 is 11.6 Å². The quantitative estimate of drug-likeness (QED) is 0.623. The number of rotatable bonds is 3. The molecule has 0 nitrogen and oxygen atoms in total. The van der Waals surface area contributed by atoms with E-state index in [1.165, 1.54) is 38.5 Å². The van der Waals surface area contributed by atoms with Crippen LogP contribution in [0.1, 0.15) is 51.9 Å². The molecule has 1 heteroatoms. The van der Waals surface area contributed by atoms with Crippen LogP contribution < -0.4 is 0 Å². The van der Waals surface area contributed by atoms with E-state index in [0.29, 0.717) is 5.38 Å². The van der Waals surface area contributed by atoms with Crippen molar-refractivity contribution < 1.29 is 0 Å². The SMILES string of the molecule is CCCC(Cl)C1C2CC3CC(C2)CC1C3. The van der Waals surface area contributed by atoms with Crippen LogP contribution in [-0.2, 0) is 0 Å². The minimum absolute atomic E-state index is 0.491. The fraction of sp³-hybridized carbons (Fsp3) is 1.00. The van der Waals surface area contributed by atoms with Crippen LogP contribution in [0.2, 0.25) is 0 Å². The maximum Gasteiger partial charge on any atom is 0.0369 e. The van der Waals surface area contributed by atoms with Crippen molar-refractivity contribution >= 4 is 11.6 Å². The van der Waals surface area contributed by atoms with Gasteiger partial charge in [0.2, 0.25) is 0 Å². The third-order valence-corrected chi connectivity index (χ3v) is 5.79. The van der Waals surface area contributed by atoms with Crippen molar-refractivity contribution in [1.29, 1.82) is 0 Å². The molecule has 0 aromatic carbocycles. The monoisotopic (exact) mass is 226 g/mol. The van der Waals surface area contributed by atoms with E-state index < -0.39 is 0 Å². The minimum atomic E-state index is 0.491. The van der Waals surface area contributed by atoms with Crippen molar-refractivity contribution in [3.63, 3.8) is 0 Å². The maximum atomic E-state index is 6.62. The van der Waals surface area contributed by atoms with E-state index in [-0.39, 0.29) is 0 Å². The molecule has 0 N–H and O–H groups in total. The van der Waals surface area contributed by atoms with E-state index >= 15 is 0 Å². The molecule has 15 heavy (non-hydrogen) atoms. The first kappa shape index (κ1) is 10.4. The highest BCUT2D eigenvalue weighted by atomic mass is 35.5. The second kappa shape index (κ2) is 3.95. The molecule has 4 fully saturated rings. The molecule has 0 spiro atoms. The van der Waals surface area contributed by atoms with Gasteiger partial charge in [-0.25, -0.2) is 0 Å². The smallest absolute Gasteiger partial charge is 0.0369 e. The minimum Gasteiger partial charge on any atom is -0.123 e. The fourth-order valence-corrected chi connectivity index (χ4v) is 5.66. The largest absolute Gasteiger partial charge is 0.123 e. The van der Waals surface area contributed by atoms with Gasteiger partial charge in [-0.1, -0.05) is 13.3 Å². The lowest BCUT2D eigenvalue weighted by atomic mass is 9.51. The molecule has 4 rings (SSSR count). The van der Waals surface area contributed by atoms with E-state index in [1.807, 2.05) is 0 Å². The van der Waals surface area contributed by atoms with Crippen molar-refractivity contribution in [2.75, 3.05) is 0 Å². The van der Waals surface area contributed by atoms with E-state index in [2.05, 4.69) is 6.92 Å². The van der Waals surface area contributed by atoms with Gasteiger partial charge in [-0.15, -0.1) is 11.6 Å². The molecule has 0 aromatic heterocycles. The molecule has 0 aromatic rings. The Balaban J connectivity index is 1.74. The summed E-state index contributed by atoms with van der Waals surface area (Å²) in [5, 5.41) is 0.491. The van der Waals surface area contributed by atoms with Gasteiger partial charge in [0.05, 0.1) is 0 Å². The molecule has 4 aliphatic carbocycles. The van der Waals surface area contributed by atoms with E-state index in [4.69, 9.17) is 11.6 Å². The predicted molar refractivity (Wildman–Crippen MR) is 65.1 cm³/mol. The summed E-state index contributed by atoms with van der Waals surface area (Å²) in [5.41, 5.74) is 0. The third kappa shape index (κ3) is 1.73. The zero-order chi connectivity index (χ0) is 10.4. The Morgan fingerprint density at radius 3 is 2.00 bits per heavy atom. The standard InChI is InChI=1S/C14H23Cl/c1-2-3-13(15)14-11-5-9-4-10(7-11)8-12(14)6-9/h9-14H,2-8H2,1H3. The van der Waals surface area contributed by atoms with Crippen LogP contribution in [0.3, 0.4) is 0 Å². The molecule has 0 saturated heterocycles. The first-order valence-electron chi connectivity index (χ1n) is 6.92. The highest BCUT2D eigenvalue weighted by molar-refractivity contribution is 6.20. The lowest BCUT2D eigenvalue weighted by Crippen LogP contribution is -2.48. The first-order valence-corrected chi connectivity index (χ1v) is 7.35. The molecular weight excluding hydrogens is 204 g/mol. The van der Waals surface area contributed by atoms with Crippen molar-refractivity contribution in [2.45, 2.75) is 57.2 Å². The molecule has 0 heterocycles. The number of halogens is 1. The Hall–Kier alpha value is 0.290. The van der Waals surface area contributed by atoms with Crippen LogP contribution in [0.4, 0.5) is 0 Å². The second-order valence-corrected chi connectivity index (χ2v) is 6.87. The molecule has 0 aliphatic heterocycles. The van der Waals surface area contributed by atoms with Gasteiger partial charge in [0.25, 0.3) is 0 Å². The number of hydrogen-bond acceptors (Lipinski definition) is 0. The summed E-state index contributed by atoms with van der Waals surface area (Å²) >= 11 is 6.62. The summed E-state index contributed by atoms with van der Waals surface area (Å²) in [5.74, 6) is 5.09. The Morgan fingerprint density at radius 1 is 1.00 bits per heavy atom. The maximum absolute atomic E-state index is 6.62. The van der Waals surface area contributed by atoms with Crippen molar-refractivity contribution in [2.24, 2.45) is 29.6 Å². The molecule has 4 bridgehead atoms. The molecule has 0 amide bonds. The predicted octanol–water partition coefficient (Wildman–Crippen LogP) is 4.47. The Kier molecular flexibility index (Phi) is 2.75.